The van der Waals surface area contributed by atoms with Crippen LogP contribution in [0.1, 0.15) is 47.5 Å². The van der Waals surface area contributed by atoms with Crippen molar-refractivity contribution in [1.82, 2.24) is 5.32 Å². The number of aliphatic hydroxyl groups is 1. The third kappa shape index (κ3) is 9.49. The van der Waals surface area contributed by atoms with Crippen LogP contribution in [-0.4, -0.2) is 34.8 Å². The number of aliphatic hydroxyl groups excluding tert-OH is 1. The van der Waals surface area contributed by atoms with Crippen molar-refractivity contribution in [2.75, 3.05) is 18.9 Å². The van der Waals surface area contributed by atoms with Crippen LogP contribution < -0.4 is 5.32 Å². The minimum absolute atomic E-state index is 0.311. The lowest BCUT2D eigenvalue weighted by molar-refractivity contribution is 0.249. The van der Waals surface area contributed by atoms with E-state index in [1.165, 1.54) is 0 Å². The standard InChI is InChI=1S/C13H29NOS/c1-6-12(7-8-15)9-14-11(2)10-16-13(3,4)5/h11-12,14-15H,6-10H2,1-5H3. The number of nitrogens with one attached hydrogen (secondary N) is 1. The highest BCUT2D eigenvalue weighted by Gasteiger charge is 2.13. The van der Waals surface area contributed by atoms with Gasteiger partial charge in [0.05, 0.1) is 0 Å². The van der Waals surface area contributed by atoms with Gasteiger partial charge in [-0.3, -0.25) is 0 Å². The Labute approximate surface area is 106 Å². The minimum Gasteiger partial charge on any atom is -0.396 e. The first-order valence-electron chi connectivity index (χ1n) is 6.37. The molecule has 0 amide bonds. The molecule has 3 heteroatoms. The van der Waals surface area contributed by atoms with Crippen molar-refractivity contribution in [3.05, 3.63) is 0 Å². The van der Waals surface area contributed by atoms with Gasteiger partial charge in [0.25, 0.3) is 0 Å². The van der Waals surface area contributed by atoms with E-state index < -0.39 is 0 Å². The summed E-state index contributed by atoms with van der Waals surface area (Å²) >= 11 is 2.00. The summed E-state index contributed by atoms with van der Waals surface area (Å²) in [5, 5.41) is 12.5. The SMILES string of the molecule is CCC(CCO)CNC(C)CSC(C)(C)C. The van der Waals surface area contributed by atoms with Crippen molar-refractivity contribution in [2.45, 2.75) is 58.2 Å². The van der Waals surface area contributed by atoms with Crippen molar-refractivity contribution in [3.8, 4) is 0 Å². The quantitative estimate of drug-likeness (QED) is 0.692. The fourth-order valence-electron chi connectivity index (χ4n) is 1.43. The molecule has 16 heavy (non-hydrogen) atoms. The van der Waals surface area contributed by atoms with Gasteiger partial charge in [0.15, 0.2) is 0 Å². The van der Waals surface area contributed by atoms with Gasteiger partial charge in [-0.1, -0.05) is 34.1 Å². The summed E-state index contributed by atoms with van der Waals surface area (Å²) in [4.78, 5) is 0. The smallest absolute Gasteiger partial charge is 0.0434 e. The summed E-state index contributed by atoms with van der Waals surface area (Å²) in [6, 6.07) is 0.553. The van der Waals surface area contributed by atoms with E-state index in [0.717, 1.165) is 25.1 Å². The van der Waals surface area contributed by atoms with Crippen molar-refractivity contribution in [1.29, 1.82) is 0 Å². The van der Waals surface area contributed by atoms with E-state index >= 15 is 0 Å². The largest absolute Gasteiger partial charge is 0.396 e. The van der Waals surface area contributed by atoms with Crippen molar-refractivity contribution < 1.29 is 5.11 Å². The molecule has 0 aliphatic carbocycles. The minimum atomic E-state index is 0.311. The molecule has 2 nitrogen and oxygen atoms in total. The van der Waals surface area contributed by atoms with E-state index in [2.05, 4.69) is 39.9 Å². The first-order chi connectivity index (χ1) is 7.39. The molecule has 0 radical (unpaired) electrons. The van der Waals surface area contributed by atoms with Crippen molar-refractivity contribution in [3.63, 3.8) is 0 Å². The Balaban J connectivity index is 3.66. The maximum absolute atomic E-state index is 8.91. The van der Waals surface area contributed by atoms with E-state index in [-0.39, 0.29) is 0 Å². The molecule has 98 valence electrons. The van der Waals surface area contributed by atoms with E-state index in [4.69, 9.17) is 5.11 Å². The zero-order valence-electron chi connectivity index (χ0n) is 11.5. The average molecular weight is 247 g/mol. The fraction of sp³-hybridized carbons (Fsp3) is 1.00. The van der Waals surface area contributed by atoms with Crippen LogP contribution in [0, 0.1) is 5.92 Å². The molecular formula is C13H29NOS. The van der Waals surface area contributed by atoms with E-state index in [0.29, 0.717) is 23.3 Å². The lowest BCUT2D eigenvalue weighted by Crippen LogP contribution is -2.34. The molecule has 0 bridgehead atoms. The Morgan fingerprint density at radius 2 is 1.94 bits per heavy atom. The van der Waals surface area contributed by atoms with E-state index in [1.807, 2.05) is 11.8 Å². The molecule has 0 aliphatic rings. The molecule has 0 saturated heterocycles. The first-order valence-corrected chi connectivity index (χ1v) is 7.35. The summed E-state index contributed by atoms with van der Waals surface area (Å²) in [7, 11) is 0. The van der Waals surface area contributed by atoms with Gasteiger partial charge >= 0.3 is 0 Å². The summed E-state index contributed by atoms with van der Waals surface area (Å²) in [6.07, 6.45) is 2.06. The van der Waals surface area contributed by atoms with Crippen LogP contribution in [0.5, 0.6) is 0 Å². The maximum Gasteiger partial charge on any atom is 0.0434 e. The maximum atomic E-state index is 8.91. The Hall–Kier alpha value is 0.270. The van der Waals surface area contributed by atoms with Gasteiger partial charge in [-0.25, -0.2) is 0 Å². The van der Waals surface area contributed by atoms with Crippen LogP contribution in [0.15, 0.2) is 0 Å². The van der Waals surface area contributed by atoms with E-state index in [1.54, 1.807) is 0 Å². The second-order valence-corrected chi connectivity index (χ2v) is 7.37. The number of hydrogen-bond acceptors (Lipinski definition) is 3. The zero-order valence-corrected chi connectivity index (χ0v) is 12.4. The van der Waals surface area contributed by atoms with Crippen molar-refractivity contribution >= 4 is 11.8 Å². The van der Waals surface area contributed by atoms with Crippen LogP contribution in [0.4, 0.5) is 0 Å². The molecule has 0 heterocycles. The van der Waals surface area contributed by atoms with Crippen LogP contribution >= 0.6 is 11.8 Å². The van der Waals surface area contributed by atoms with Gasteiger partial charge in [0, 0.05) is 23.1 Å². The Bertz CT molecular complexity index is 168. The summed E-state index contributed by atoms with van der Waals surface area (Å²) < 4.78 is 0.352. The average Bonchev–Trinajstić information content (AvgIpc) is 2.20. The molecule has 2 atom stereocenters. The Morgan fingerprint density at radius 3 is 2.38 bits per heavy atom. The fourth-order valence-corrected chi connectivity index (χ4v) is 2.30. The normalized spacial score (nSPS) is 16.1. The summed E-state index contributed by atoms with van der Waals surface area (Å²) in [5.74, 6) is 1.77. The molecular weight excluding hydrogens is 218 g/mol. The zero-order chi connectivity index (χ0) is 12.6. The van der Waals surface area contributed by atoms with Crippen LogP contribution in [0.3, 0.4) is 0 Å². The number of rotatable bonds is 8. The second-order valence-electron chi connectivity index (χ2n) is 5.52. The number of thioether (sulfide) groups is 1. The molecule has 0 aromatic carbocycles. The first kappa shape index (κ1) is 16.3. The third-order valence-corrected chi connectivity index (χ3v) is 4.17. The highest BCUT2D eigenvalue weighted by atomic mass is 32.2. The van der Waals surface area contributed by atoms with Gasteiger partial charge in [0.2, 0.25) is 0 Å². The lowest BCUT2D eigenvalue weighted by atomic mass is 10.0. The van der Waals surface area contributed by atoms with Crippen LogP contribution in [0.2, 0.25) is 0 Å². The lowest BCUT2D eigenvalue weighted by Gasteiger charge is -2.23. The summed E-state index contributed by atoms with van der Waals surface area (Å²) in [5.41, 5.74) is 0. The van der Waals surface area contributed by atoms with Crippen molar-refractivity contribution in [2.24, 2.45) is 5.92 Å². The molecule has 0 aromatic heterocycles. The molecule has 0 saturated carbocycles. The molecule has 0 aliphatic heterocycles. The Morgan fingerprint density at radius 1 is 1.31 bits per heavy atom. The highest BCUT2D eigenvalue weighted by molar-refractivity contribution is 8.00. The van der Waals surface area contributed by atoms with Gasteiger partial charge in [-0.05, 0) is 25.8 Å². The predicted molar refractivity (Wildman–Crippen MR) is 75.2 cm³/mol. The third-order valence-electron chi connectivity index (χ3n) is 2.64. The topological polar surface area (TPSA) is 32.3 Å². The predicted octanol–water partition coefficient (Wildman–Crippen LogP) is 2.90. The van der Waals surface area contributed by atoms with Gasteiger partial charge in [0.1, 0.15) is 0 Å². The molecule has 0 aromatic rings. The van der Waals surface area contributed by atoms with Gasteiger partial charge < -0.3 is 10.4 Å². The van der Waals surface area contributed by atoms with Gasteiger partial charge in [-0.2, -0.15) is 11.8 Å². The molecule has 0 fully saturated rings. The van der Waals surface area contributed by atoms with Crippen LogP contribution in [-0.2, 0) is 0 Å². The Kier molecular flexibility index (Phi) is 8.52. The van der Waals surface area contributed by atoms with Crippen LogP contribution in [0.25, 0.3) is 0 Å². The molecule has 0 spiro atoms. The molecule has 2 unspecified atom stereocenters. The van der Waals surface area contributed by atoms with Gasteiger partial charge in [-0.15, -0.1) is 0 Å². The number of hydrogen-bond donors (Lipinski definition) is 2. The highest BCUT2D eigenvalue weighted by Crippen LogP contribution is 2.23. The molecule has 0 rings (SSSR count). The second kappa shape index (κ2) is 8.37. The monoisotopic (exact) mass is 247 g/mol. The molecule has 2 N–H and O–H groups in total. The van der Waals surface area contributed by atoms with E-state index in [9.17, 15) is 0 Å². The summed E-state index contributed by atoms with van der Waals surface area (Å²) in [6.45, 7) is 12.5.